The minimum Gasteiger partial charge on any atom is -0.463 e. The number of carbonyl (C=O) groups excluding carboxylic acids is 2. The first-order chi connectivity index (χ1) is 21.8. The van der Waals surface area contributed by atoms with Crippen LogP contribution in [0.5, 0.6) is 0 Å². The number of amides is 1. The van der Waals surface area contributed by atoms with Crippen LogP contribution < -0.4 is 5.32 Å². The predicted molar refractivity (Wildman–Crippen MR) is 183 cm³/mol. The van der Waals surface area contributed by atoms with Crippen molar-refractivity contribution in [3.05, 3.63) is 36.5 Å². The van der Waals surface area contributed by atoms with Crippen LogP contribution in [0.15, 0.2) is 36.5 Å². The van der Waals surface area contributed by atoms with Gasteiger partial charge in [-0.05, 0) is 51.4 Å². The molecule has 0 aromatic carbocycles. The van der Waals surface area contributed by atoms with Crippen molar-refractivity contribution in [1.29, 1.82) is 0 Å². The molecule has 0 aliphatic rings. The van der Waals surface area contributed by atoms with Gasteiger partial charge in [0.15, 0.2) is 0 Å². The van der Waals surface area contributed by atoms with E-state index < -0.39 is 26.5 Å². The van der Waals surface area contributed by atoms with Gasteiger partial charge < -0.3 is 20.1 Å². The number of phosphoric ester groups is 1. The number of unbranched alkanes of at least 4 members (excludes halogenated alkanes) is 13. The van der Waals surface area contributed by atoms with Crippen LogP contribution in [0.3, 0.4) is 0 Å². The van der Waals surface area contributed by atoms with E-state index in [-0.39, 0.29) is 32.1 Å². The van der Waals surface area contributed by atoms with E-state index in [4.69, 9.17) is 13.8 Å². The lowest BCUT2D eigenvalue weighted by molar-refractivity contribution is -0.147. The summed E-state index contributed by atoms with van der Waals surface area (Å²) in [7, 11) is -4.39. The normalized spacial score (nSPS) is 14.0. The molecule has 0 heterocycles. The van der Waals surface area contributed by atoms with Gasteiger partial charge >= 0.3 is 13.8 Å². The summed E-state index contributed by atoms with van der Waals surface area (Å²) in [6.07, 6.45) is 32.9. The molecule has 3 N–H and O–H groups in total. The first-order valence-corrected chi connectivity index (χ1v) is 19.0. The Morgan fingerprint density at radius 3 is 1.82 bits per heavy atom. The van der Waals surface area contributed by atoms with Crippen LogP contribution in [-0.4, -0.2) is 54.3 Å². The fourth-order valence-corrected chi connectivity index (χ4v) is 5.14. The van der Waals surface area contributed by atoms with Crippen molar-refractivity contribution < 1.29 is 37.9 Å². The van der Waals surface area contributed by atoms with Gasteiger partial charge in [-0.1, -0.05) is 115 Å². The van der Waals surface area contributed by atoms with Crippen molar-refractivity contribution in [2.45, 2.75) is 148 Å². The third kappa shape index (κ3) is 33.4. The highest BCUT2D eigenvalue weighted by Gasteiger charge is 2.23. The molecule has 0 radical (unpaired) electrons. The van der Waals surface area contributed by atoms with Gasteiger partial charge in [-0.3, -0.25) is 18.6 Å². The van der Waals surface area contributed by atoms with E-state index >= 15 is 0 Å². The Hall–Kier alpha value is -1.77. The Balaban J connectivity index is 3.59. The molecule has 1 amide bonds. The van der Waals surface area contributed by atoms with Crippen molar-refractivity contribution in [1.82, 2.24) is 5.32 Å². The van der Waals surface area contributed by atoms with Crippen LogP contribution in [-0.2, 0) is 27.9 Å². The quantitative estimate of drug-likeness (QED) is 0.0284. The van der Waals surface area contributed by atoms with Crippen LogP contribution in [0.2, 0.25) is 0 Å². The molecule has 0 spiro atoms. The Bertz CT molecular complexity index is 846. The molecule has 0 fully saturated rings. The summed E-state index contributed by atoms with van der Waals surface area (Å²) in [5, 5.41) is 12.5. The van der Waals surface area contributed by atoms with E-state index in [1.807, 2.05) is 6.92 Å². The van der Waals surface area contributed by atoms with Crippen LogP contribution in [0, 0.1) is 0 Å². The van der Waals surface area contributed by atoms with Gasteiger partial charge in [0.2, 0.25) is 5.91 Å². The van der Waals surface area contributed by atoms with Crippen molar-refractivity contribution in [2.75, 3.05) is 26.4 Å². The summed E-state index contributed by atoms with van der Waals surface area (Å²) in [5.41, 5.74) is 0. The monoisotopic (exact) mass is 657 g/mol. The Morgan fingerprint density at radius 1 is 0.689 bits per heavy atom. The number of esters is 1. The highest BCUT2D eigenvalue weighted by molar-refractivity contribution is 7.47. The van der Waals surface area contributed by atoms with E-state index in [9.17, 15) is 24.2 Å². The van der Waals surface area contributed by atoms with E-state index in [0.29, 0.717) is 6.42 Å². The maximum absolute atomic E-state index is 11.9. The summed E-state index contributed by atoms with van der Waals surface area (Å²) in [6.45, 7) is 3.31. The number of hydrogen-bond donors (Lipinski definition) is 3. The molecular weight excluding hydrogens is 593 g/mol. The largest absolute Gasteiger partial charge is 0.472 e. The van der Waals surface area contributed by atoms with Gasteiger partial charge in [0.05, 0.1) is 13.2 Å². The molecule has 0 saturated heterocycles. The zero-order valence-electron chi connectivity index (χ0n) is 28.3. The molecule has 0 bridgehead atoms. The second kappa shape index (κ2) is 32.2. The summed E-state index contributed by atoms with van der Waals surface area (Å²) in [5.74, 6) is -0.552. The van der Waals surface area contributed by atoms with Crippen LogP contribution in [0.4, 0.5) is 0 Å². The molecule has 45 heavy (non-hydrogen) atoms. The van der Waals surface area contributed by atoms with E-state index in [0.717, 1.165) is 64.2 Å². The summed E-state index contributed by atoms with van der Waals surface area (Å²) in [4.78, 5) is 33.2. The SMILES string of the molecule is CCCCC/C=C\C/C=C\C/C=C\CCCCCCCCCCC(=O)OCC(O)COP(=O)(O)OCCNC(=O)CCCCC. The number of hydrogen-bond acceptors (Lipinski definition) is 7. The molecule has 0 aromatic heterocycles. The van der Waals surface area contributed by atoms with E-state index in [2.05, 4.69) is 48.7 Å². The highest BCUT2D eigenvalue weighted by atomic mass is 31.2. The lowest BCUT2D eigenvalue weighted by Crippen LogP contribution is -2.27. The number of rotatable bonds is 32. The maximum atomic E-state index is 11.9. The molecular formula is C35H64NO8P. The van der Waals surface area contributed by atoms with Gasteiger partial charge in [-0.2, -0.15) is 0 Å². The van der Waals surface area contributed by atoms with Crippen LogP contribution in [0.25, 0.3) is 0 Å². The van der Waals surface area contributed by atoms with Crippen molar-refractivity contribution in [2.24, 2.45) is 0 Å². The average molecular weight is 658 g/mol. The van der Waals surface area contributed by atoms with E-state index in [1.54, 1.807) is 0 Å². The van der Waals surface area contributed by atoms with E-state index in [1.165, 1.54) is 51.4 Å². The Labute approximate surface area is 273 Å². The molecule has 0 aliphatic heterocycles. The van der Waals surface area contributed by atoms with Crippen molar-refractivity contribution in [3.63, 3.8) is 0 Å². The van der Waals surface area contributed by atoms with Crippen LogP contribution >= 0.6 is 7.82 Å². The molecule has 2 atom stereocenters. The topological polar surface area (TPSA) is 131 Å². The standard InChI is InChI=1S/C35H64NO8P/c1-3-5-7-8-9-10-11-12-13-14-15-16-17-18-19-20-21-22-23-24-26-28-35(39)42-31-33(37)32-44-45(40,41)43-30-29-36-34(38)27-25-6-4-2/h9-10,12-13,15-16,33,37H,3-8,11,14,17-32H2,1-2H3,(H,36,38)(H,40,41)/b10-9-,13-12-,16-15-. The Kier molecular flexibility index (Phi) is 30.9. The third-order valence-electron chi connectivity index (χ3n) is 7.07. The second-order valence-corrected chi connectivity index (χ2v) is 12.9. The van der Waals surface area contributed by atoms with Gasteiger partial charge in [-0.15, -0.1) is 0 Å². The highest BCUT2D eigenvalue weighted by Crippen LogP contribution is 2.42. The zero-order chi connectivity index (χ0) is 33.3. The summed E-state index contributed by atoms with van der Waals surface area (Å²) >= 11 is 0. The first-order valence-electron chi connectivity index (χ1n) is 17.5. The van der Waals surface area contributed by atoms with Crippen LogP contribution in [0.1, 0.15) is 142 Å². The number of ether oxygens (including phenoxy) is 1. The molecule has 2 unspecified atom stereocenters. The molecule has 10 heteroatoms. The number of allylic oxidation sites excluding steroid dienone is 6. The minimum absolute atomic E-state index is 0.0768. The van der Waals surface area contributed by atoms with Gasteiger partial charge in [0.1, 0.15) is 12.7 Å². The third-order valence-corrected chi connectivity index (χ3v) is 8.06. The number of aliphatic hydroxyl groups is 1. The number of aliphatic hydroxyl groups excluding tert-OH is 1. The Morgan fingerprint density at radius 2 is 1.20 bits per heavy atom. The lowest BCUT2D eigenvalue weighted by Gasteiger charge is -2.15. The van der Waals surface area contributed by atoms with Gasteiger partial charge in [-0.25, -0.2) is 4.57 Å². The first kappa shape index (κ1) is 43.2. The summed E-state index contributed by atoms with van der Waals surface area (Å²) in [6, 6.07) is 0. The fourth-order valence-electron chi connectivity index (χ4n) is 4.38. The molecule has 0 rings (SSSR count). The molecule has 0 aliphatic carbocycles. The fraction of sp³-hybridized carbons (Fsp3) is 0.771. The lowest BCUT2D eigenvalue weighted by atomic mass is 10.1. The predicted octanol–water partition coefficient (Wildman–Crippen LogP) is 8.65. The smallest absolute Gasteiger partial charge is 0.463 e. The second-order valence-electron chi connectivity index (χ2n) is 11.5. The number of phosphoric acid groups is 1. The van der Waals surface area contributed by atoms with Gasteiger partial charge in [0.25, 0.3) is 0 Å². The molecule has 262 valence electrons. The zero-order valence-corrected chi connectivity index (χ0v) is 29.2. The number of carbonyl (C=O) groups is 2. The molecule has 0 saturated carbocycles. The van der Waals surface area contributed by atoms with Gasteiger partial charge in [0, 0.05) is 19.4 Å². The molecule has 9 nitrogen and oxygen atoms in total. The summed E-state index contributed by atoms with van der Waals surface area (Å²) < 4.78 is 26.5. The average Bonchev–Trinajstić information content (AvgIpc) is 3.02. The number of nitrogens with one attached hydrogen (secondary N) is 1. The van der Waals surface area contributed by atoms with Crippen molar-refractivity contribution in [3.8, 4) is 0 Å². The maximum Gasteiger partial charge on any atom is 0.472 e. The van der Waals surface area contributed by atoms with Crippen molar-refractivity contribution >= 4 is 19.7 Å². The molecule has 0 aromatic rings. The minimum atomic E-state index is -4.39.